The zero-order valence-corrected chi connectivity index (χ0v) is 19.5. The molecule has 0 aliphatic carbocycles. The molecule has 0 saturated carbocycles. The molecule has 1 aromatic heterocycles. The van der Waals surface area contributed by atoms with Crippen LogP contribution in [0.5, 0.6) is 0 Å². The third kappa shape index (κ3) is 3.33. The summed E-state index contributed by atoms with van der Waals surface area (Å²) in [6, 6.07) is 20.8. The smallest absolute Gasteiger partial charge is 0.232 e. The lowest BCUT2D eigenvalue weighted by molar-refractivity contribution is 0.589. The monoisotopic (exact) mass is 485 g/mol. The number of halogens is 1. The summed E-state index contributed by atoms with van der Waals surface area (Å²) in [5.74, 6) is 0. The first-order valence-corrected chi connectivity index (χ1v) is 12.6. The highest BCUT2D eigenvalue weighted by atomic mass is 79.9. The minimum atomic E-state index is -3.81. The topological polar surface area (TPSA) is 39.1 Å². The number of aromatic nitrogens is 1. The Morgan fingerprint density at radius 2 is 1.62 bits per heavy atom. The van der Waals surface area contributed by atoms with Gasteiger partial charge in [-0.1, -0.05) is 64.0 Å². The molecule has 0 amide bonds. The van der Waals surface area contributed by atoms with Gasteiger partial charge in [0.25, 0.3) is 10.0 Å². The van der Waals surface area contributed by atoms with Gasteiger partial charge in [-0.05, 0) is 49.9 Å². The van der Waals surface area contributed by atoms with E-state index in [1.165, 1.54) is 3.97 Å². The highest BCUT2D eigenvalue weighted by molar-refractivity contribution is 9.10. The Morgan fingerprint density at radius 1 is 0.931 bits per heavy atom. The van der Waals surface area contributed by atoms with E-state index in [1.54, 1.807) is 23.9 Å². The van der Waals surface area contributed by atoms with Gasteiger partial charge in [-0.25, -0.2) is 12.4 Å². The first-order chi connectivity index (χ1) is 13.9. The summed E-state index contributed by atoms with van der Waals surface area (Å²) in [6.45, 7) is 3.85. The number of thioether (sulfide) groups is 1. The molecule has 0 atom stereocenters. The van der Waals surface area contributed by atoms with E-state index in [2.05, 4.69) is 22.0 Å². The molecule has 0 aliphatic heterocycles. The van der Waals surface area contributed by atoms with E-state index in [1.807, 2.05) is 68.6 Å². The van der Waals surface area contributed by atoms with E-state index in [0.717, 1.165) is 31.4 Å². The van der Waals surface area contributed by atoms with Crippen molar-refractivity contribution in [1.82, 2.24) is 3.97 Å². The molecule has 0 spiro atoms. The number of rotatable bonds is 4. The first-order valence-electron chi connectivity index (χ1n) is 9.11. The van der Waals surface area contributed by atoms with Crippen LogP contribution in [0.3, 0.4) is 0 Å². The van der Waals surface area contributed by atoms with E-state index >= 15 is 0 Å². The molecular weight excluding hydrogens is 466 g/mol. The number of aryl methyl sites for hydroxylation is 2. The molecule has 4 aromatic rings. The van der Waals surface area contributed by atoms with Gasteiger partial charge < -0.3 is 0 Å². The Labute approximate surface area is 183 Å². The van der Waals surface area contributed by atoms with Gasteiger partial charge in [-0.2, -0.15) is 0 Å². The molecule has 4 rings (SSSR count). The average molecular weight is 486 g/mol. The third-order valence-electron chi connectivity index (χ3n) is 4.98. The van der Waals surface area contributed by atoms with Crippen LogP contribution < -0.4 is 0 Å². The van der Waals surface area contributed by atoms with Gasteiger partial charge in [-0.3, -0.25) is 0 Å². The molecule has 3 nitrogen and oxygen atoms in total. The summed E-state index contributed by atoms with van der Waals surface area (Å²) in [7, 11) is -3.81. The second-order valence-corrected chi connectivity index (χ2v) is 10.3. The number of fused-ring (bicyclic) bond motifs is 1. The molecule has 0 radical (unpaired) electrons. The molecular formula is C23H20BrNO2S2. The molecule has 1 heterocycles. The first kappa shape index (κ1) is 20.3. The van der Waals surface area contributed by atoms with Crippen LogP contribution in [0.1, 0.15) is 11.1 Å². The zero-order chi connectivity index (χ0) is 20.8. The van der Waals surface area contributed by atoms with Crippen molar-refractivity contribution in [2.24, 2.45) is 0 Å². The Balaban J connectivity index is 2.21. The van der Waals surface area contributed by atoms with Crippen molar-refractivity contribution in [1.29, 1.82) is 0 Å². The highest BCUT2D eigenvalue weighted by Crippen LogP contribution is 2.44. The molecule has 0 aliphatic rings. The molecule has 0 saturated heterocycles. The second kappa shape index (κ2) is 7.67. The van der Waals surface area contributed by atoms with E-state index < -0.39 is 10.0 Å². The minimum absolute atomic E-state index is 0.318. The molecule has 0 fully saturated rings. The van der Waals surface area contributed by atoms with Gasteiger partial charge in [0.05, 0.1) is 16.1 Å². The van der Waals surface area contributed by atoms with Gasteiger partial charge in [0, 0.05) is 20.3 Å². The van der Waals surface area contributed by atoms with Crippen molar-refractivity contribution < 1.29 is 8.42 Å². The van der Waals surface area contributed by atoms with E-state index in [9.17, 15) is 8.42 Å². The molecule has 0 unspecified atom stereocenters. The van der Waals surface area contributed by atoms with Gasteiger partial charge in [0.2, 0.25) is 0 Å². The fourth-order valence-corrected chi connectivity index (χ4v) is 6.71. The highest BCUT2D eigenvalue weighted by Gasteiger charge is 2.29. The number of hydrogen-bond acceptors (Lipinski definition) is 3. The summed E-state index contributed by atoms with van der Waals surface area (Å²) in [5, 5.41) is 0.945. The lowest BCUT2D eigenvalue weighted by Crippen LogP contribution is -2.15. The van der Waals surface area contributed by atoms with E-state index in [4.69, 9.17) is 0 Å². The van der Waals surface area contributed by atoms with Crippen LogP contribution in [0.2, 0.25) is 0 Å². The Kier molecular flexibility index (Phi) is 5.36. The summed E-state index contributed by atoms with van der Waals surface area (Å²) in [5.41, 5.74) is 4.05. The van der Waals surface area contributed by atoms with Crippen LogP contribution in [-0.4, -0.2) is 18.6 Å². The van der Waals surface area contributed by atoms with Gasteiger partial charge in [-0.15, -0.1) is 11.8 Å². The van der Waals surface area contributed by atoms with Gasteiger partial charge in [0.1, 0.15) is 0 Å². The maximum atomic E-state index is 13.9. The van der Waals surface area contributed by atoms with Crippen molar-refractivity contribution in [2.75, 3.05) is 6.26 Å². The second-order valence-electron chi connectivity index (χ2n) is 6.92. The predicted octanol–water partition coefficient (Wildman–Crippen LogP) is 6.65. The van der Waals surface area contributed by atoms with Gasteiger partial charge in [0.15, 0.2) is 0 Å². The van der Waals surface area contributed by atoms with Crippen LogP contribution in [-0.2, 0) is 10.0 Å². The van der Waals surface area contributed by atoms with Crippen molar-refractivity contribution in [2.45, 2.75) is 23.6 Å². The van der Waals surface area contributed by atoms with Crippen molar-refractivity contribution in [3.8, 4) is 11.3 Å². The molecule has 148 valence electrons. The third-order valence-corrected chi connectivity index (χ3v) is 8.37. The van der Waals surface area contributed by atoms with Crippen LogP contribution in [0.15, 0.2) is 81.0 Å². The van der Waals surface area contributed by atoms with Crippen LogP contribution >= 0.6 is 27.7 Å². The Morgan fingerprint density at radius 3 is 2.31 bits per heavy atom. The lowest BCUT2D eigenvalue weighted by Gasteiger charge is -2.15. The molecule has 0 N–H and O–H groups in total. The minimum Gasteiger partial charge on any atom is -0.232 e. The summed E-state index contributed by atoms with van der Waals surface area (Å²) < 4.78 is 30.2. The quantitative estimate of drug-likeness (QED) is 0.303. The average Bonchev–Trinajstić information content (AvgIpc) is 3.02. The lowest BCUT2D eigenvalue weighted by atomic mass is 10.1. The van der Waals surface area contributed by atoms with Crippen LogP contribution in [0, 0.1) is 13.8 Å². The molecule has 29 heavy (non-hydrogen) atoms. The number of hydrogen-bond donors (Lipinski definition) is 0. The van der Waals surface area contributed by atoms with Gasteiger partial charge >= 0.3 is 0 Å². The largest absolute Gasteiger partial charge is 0.269 e. The summed E-state index contributed by atoms with van der Waals surface area (Å²) >= 11 is 5.19. The fourth-order valence-electron chi connectivity index (χ4n) is 3.63. The zero-order valence-electron chi connectivity index (χ0n) is 16.3. The number of benzene rings is 3. The summed E-state index contributed by atoms with van der Waals surface area (Å²) in [4.78, 5) is 1.27. The van der Waals surface area contributed by atoms with Crippen LogP contribution in [0.25, 0.3) is 22.2 Å². The van der Waals surface area contributed by atoms with Crippen molar-refractivity contribution >= 4 is 48.6 Å². The summed E-state index contributed by atoms with van der Waals surface area (Å²) in [6.07, 6.45) is 1.99. The van der Waals surface area contributed by atoms with Crippen molar-refractivity contribution in [3.05, 3.63) is 82.3 Å². The predicted molar refractivity (Wildman–Crippen MR) is 125 cm³/mol. The molecule has 3 aromatic carbocycles. The normalized spacial score (nSPS) is 11.9. The molecule has 0 bridgehead atoms. The van der Waals surface area contributed by atoms with Crippen molar-refractivity contribution in [3.63, 3.8) is 0 Å². The standard InChI is InChI=1S/C23H20BrNO2S2/c1-15-12-13-20-18(14-15)23(28-3)22(17-9-5-6-10-19(17)24)25(20)29(26,27)21-11-7-4-8-16(21)2/h4-14H,1-3H3. The fraction of sp³-hybridized carbons (Fsp3) is 0.130. The molecule has 6 heteroatoms. The SMILES string of the molecule is CSc1c(-c2ccccc2Br)n(S(=O)(=O)c2ccccc2C)c2ccc(C)cc12. The maximum absolute atomic E-state index is 13.9. The van der Waals surface area contributed by atoms with E-state index in [-0.39, 0.29) is 0 Å². The maximum Gasteiger partial charge on any atom is 0.269 e. The number of nitrogens with zero attached hydrogens (tertiary/aromatic N) is 1. The Bertz CT molecular complexity index is 1340. The van der Waals surface area contributed by atoms with E-state index in [0.29, 0.717) is 16.1 Å². The van der Waals surface area contributed by atoms with Crippen LogP contribution in [0.4, 0.5) is 0 Å². The Hall–Kier alpha value is -2.02.